The van der Waals surface area contributed by atoms with Gasteiger partial charge in [-0.25, -0.2) is 19.7 Å². The van der Waals surface area contributed by atoms with Crippen LogP contribution in [0.1, 0.15) is 39.2 Å². The van der Waals surface area contributed by atoms with Crippen LogP contribution in [0.3, 0.4) is 0 Å². The molecule has 2 aromatic heterocycles. The fourth-order valence-corrected chi connectivity index (χ4v) is 4.95. The molecule has 0 saturated carbocycles. The Morgan fingerprint density at radius 2 is 1.80 bits per heavy atom. The Morgan fingerprint density at radius 1 is 1.05 bits per heavy atom. The van der Waals surface area contributed by atoms with E-state index in [1.807, 2.05) is 30.3 Å². The van der Waals surface area contributed by atoms with Crippen LogP contribution in [0.2, 0.25) is 0 Å². The number of nitrogens with zero attached hydrogens (tertiary/aromatic N) is 3. The van der Waals surface area contributed by atoms with E-state index in [-0.39, 0.29) is 5.82 Å². The fourth-order valence-electron chi connectivity index (χ4n) is 4.95. The van der Waals surface area contributed by atoms with Crippen molar-refractivity contribution in [2.24, 2.45) is 0 Å². The first-order valence-corrected chi connectivity index (χ1v) is 13.6. The van der Waals surface area contributed by atoms with Crippen molar-refractivity contribution in [1.82, 2.24) is 20.3 Å². The topological polar surface area (TPSA) is 147 Å². The van der Waals surface area contributed by atoms with Crippen LogP contribution in [-0.2, 0) is 16.1 Å². The predicted molar refractivity (Wildman–Crippen MR) is 158 cm³/mol. The quantitative estimate of drug-likeness (QED) is 0.241. The molecule has 1 aliphatic rings. The molecule has 0 bridgehead atoms. The molecule has 1 aliphatic heterocycles. The number of fused-ring (bicyclic) bond motifs is 1. The molecule has 41 heavy (non-hydrogen) atoms. The number of carbonyl (C=O) groups excluding carboxylic acids is 2. The molecule has 0 aliphatic carbocycles. The van der Waals surface area contributed by atoms with E-state index in [0.717, 1.165) is 5.56 Å². The molecule has 5 N–H and O–H groups in total. The Balaban J connectivity index is 1.51. The highest BCUT2D eigenvalue weighted by molar-refractivity contribution is 6.10. The van der Waals surface area contributed by atoms with Gasteiger partial charge in [-0.05, 0) is 70.5 Å². The number of amides is 2. The van der Waals surface area contributed by atoms with E-state index in [9.17, 15) is 9.59 Å². The lowest BCUT2D eigenvalue weighted by atomic mass is 9.85. The summed E-state index contributed by atoms with van der Waals surface area (Å²) < 4.78 is 11.8. The number of carbonyl (C=O) groups is 2. The summed E-state index contributed by atoms with van der Waals surface area (Å²) in [7, 11) is 0. The molecule has 214 valence electrons. The van der Waals surface area contributed by atoms with Gasteiger partial charge in [-0.3, -0.25) is 4.79 Å². The van der Waals surface area contributed by atoms with Crippen LogP contribution >= 0.6 is 0 Å². The molecule has 11 nitrogen and oxygen atoms in total. The van der Waals surface area contributed by atoms with Gasteiger partial charge in [0.2, 0.25) is 0 Å². The lowest BCUT2D eigenvalue weighted by molar-refractivity contribution is -0.122. The number of nitrogen functional groups attached to an aromatic ring is 1. The number of ether oxygens (including phenoxy) is 2. The minimum Gasteiger partial charge on any atom is -0.487 e. The van der Waals surface area contributed by atoms with E-state index in [1.165, 1.54) is 11.2 Å². The number of anilines is 3. The molecule has 1 fully saturated rings. The van der Waals surface area contributed by atoms with Crippen LogP contribution in [0, 0.1) is 0 Å². The molecule has 1 saturated heterocycles. The summed E-state index contributed by atoms with van der Waals surface area (Å²) in [6, 6.07) is 16.7. The number of aromatic amines is 1. The Kier molecular flexibility index (Phi) is 7.80. The van der Waals surface area contributed by atoms with Crippen molar-refractivity contribution >= 4 is 40.2 Å². The largest absolute Gasteiger partial charge is 0.487 e. The fraction of sp³-hybridized carbons (Fsp3) is 0.333. The maximum absolute atomic E-state index is 14.4. The number of H-pyrrole nitrogens is 1. The SMILES string of the molecule is CC(C)(C)OC(=O)N(c1ncnc2[nH]ccc12)C1(C(=O)Nc2cccc(OCc3ccccc3)c2N)CCNCC1. The summed E-state index contributed by atoms with van der Waals surface area (Å²) in [5.41, 5.74) is 6.55. The highest BCUT2D eigenvalue weighted by Crippen LogP contribution is 2.38. The maximum atomic E-state index is 14.4. The Morgan fingerprint density at radius 3 is 2.54 bits per heavy atom. The van der Waals surface area contributed by atoms with Crippen molar-refractivity contribution in [3.8, 4) is 5.75 Å². The number of nitrogens with one attached hydrogen (secondary N) is 3. The van der Waals surface area contributed by atoms with Crippen LogP contribution in [0.4, 0.5) is 22.0 Å². The summed E-state index contributed by atoms with van der Waals surface area (Å²) in [5, 5.41) is 6.89. The summed E-state index contributed by atoms with van der Waals surface area (Å²) in [6.07, 6.45) is 3.04. The molecular formula is C30H35N7O4. The zero-order valence-electron chi connectivity index (χ0n) is 23.4. The Labute approximate surface area is 238 Å². The lowest BCUT2D eigenvalue weighted by Crippen LogP contribution is -2.64. The van der Waals surface area contributed by atoms with E-state index in [2.05, 4.69) is 25.6 Å². The minimum atomic E-state index is -1.33. The van der Waals surface area contributed by atoms with Gasteiger partial charge in [-0.1, -0.05) is 36.4 Å². The number of benzene rings is 2. The molecule has 4 aromatic rings. The third-order valence-electron chi connectivity index (χ3n) is 6.95. The van der Waals surface area contributed by atoms with Crippen molar-refractivity contribution < 1.29 is 19.1 Å². The summed E-state index contributed by atoms with van der Waals surface area (Å²) in [4.78, 5) is 41.5. The second-order valence-electron chi connectivity index (χ2n) is 11.0. The summed E-state index contributed by atoms with van der Waals surface area (Å²) >= 11 is 0. The first-order chi connectivity index (χ1) is 19.7. The molecule has 2 amide bonds. The van der Waals surface area contributed by atoms with Gasteiger partial charge >= 0.3 is 6.09 Å². The second kappa shape index (κ2) is 11.5. The minimum absolute atomic E-state index is 0.287. The van der Waals surface area contributed by atoms with Gasteiger partial charge in [0.05, 0.1) is 16.8 Å². The highest BCUT2D eigenvalue weighted by atomic mass is 16.6. The van der Waals surface area contributed by atoms with E-state index in [4.69, 9.17) is 15.2 Å². The smallest absolute Gasteiger partial charge is 0.417 e. The van der Waals surface area contributed by atoms with Crippen LogP contribution in [0.15, 0.2) is 67.1 Å². The molecule has 0 unspecified atom stereocenters. The lowest BCUT2D eigenvalue weighted by Gasteiger charge is -2.44. The number of nitrogens with two attached hydrogens (primary N) is 1. The van der Waals surface area contributed by atoms with Crippen molar-refractivity contribution in [3.63, 3.8) is 0 Å². The third kappa shape index (κ3) is 5.94. The summed E-state index contributed by atoms with van der Waals surface area (Å²) in [5.74, 6) is 0.328. The van der Waals surface area contributed by atoms with Gasteiger partial charge in [-0.2, -0.15) is 0 Å². The van der Waals surface area contributed by atoms with Crippen molar-refractivity contribution in [2.45, 2.75) is 51.4 Å². The number of piperidine rings is 1. The monoisotopic (exact) mass is 557 g/mol. The average molecular weight is 558 g/mol. The van der Waals surface area contributed by atoms with Crippen LogP contribution in [0.5, 0.6) is 5.75 Å². The van der Waals surface area contributed by atoms with Crippen molar-refractivity contribution in [2.75, 3.05) is 29.0 Å². The van der Waals surface area contributed by atoms with E-state index >= 15 is 0 Å². The third-order valence-corrected chi connectivity index (χ3v) is 6.95. The predicted octanol–water partition coefficient (Wildman–Crippen LogP) is 4.62. The van der Waals surface area contributed by atoms with Gasteiger partial charge in [0.1, 0.15) is 35.5 Å². The maximum Gasteiger partial charge on any atom is 0.417 e. The van der Waals surface area contributed by atoms with Crippen LogP contribution < -0.4 is 26.0 Å². The standard InChI is InChI=1S/C30H35N7O4/c1-29(2,3)41-28(39)37(26-21-12-15-33-25(21)34-19-35-26)30(13-16-32-17-14-30)27(38)36-22-10-7-11-23(24(22)31)40-18-20-8-5-4-6-9-20/h4-12,15,19,32H,13-14,16-18,31H2,1-3H3,(H,36,38)(H,33,34,35). The molecule has 11 heteroatoms. The first-order valence-electron chi connectivity index (χ1n) is 13.6. The highest BCUT2D eigenvalue weighted by Gasteiger charge is 2.50. The van der Waals surface area contributed by atoms with E-state index < -0.39 is 23.1 Å². The molecular weight excluding hydrogens is 522 g/mol. The van der Waals surface area contributed by atoms with Gasteiger partial charge in [-0.15, -0.1) is 0 Å². The molecule has 0 spiro atoms. The number of aromatic nitrogens is 3. The number of para-hydroxylation sites is 1. The van der Waals surface area contributed by atoms with Gasteiger partial charge in [0.25, 0.3) is 5.91 Å². The number of hydrogen-bond donors (Lipinski definition) is 4. The normalized spacial score (nSPS) is 14.8. The average Bonchev–Trinajstić information content (AvgIpc) is 3.44. The first kappa shape index (κ1) is 27.9. The molecule has 0 atom stereocenters. The van der Waals surface area contributed by atoms with Gasteiger partial charge in [0, 0.05) is 6.20 Å². The Bertz CT molecular complexity index is 1520. The zero-order valence-corrected chi connectivity index (χ0v) is 23.4. The number of rotatable bonds is 7. The van der Waals surface area contributed by atoms with Crippen molar-refractivity contribution in [3.05, 3.63) is 72.7 Å². The van der Waals surface area contributed by atoms with Crippen molar-refractivity contribution in [1.29, 1.82) is 0 Å². The van der Waals surface area contributed by atoms with E-state index in [0.29, 0.717) is 60.7 Å². The van der Waals surface area contributed by atoms with Gasteiger partial charge < -0.3 is 30.8 Å². The number of hydrogen-bond acceptors (Lipinski definition) is 8. The Hall–Kier alpha value is -4.64. The van der Waals surface area contributed by atoms with Gasteiger partial charge in [0.15, 0.2) is 5.82 Å². The summed E-state index contributed by atoms with van der Waals surface area (Å²) in [6.45, 7) is 6.68. The molecule has 2 aromatic carbocycles. The van der Waals surface area contributed by atoms with Crippen LogP contribution in [0.25, 0.3) is 11.0 Å². The molecule has 5 rings (SSSR count). The molecule has 3 heterocycles. The van der Waals surface area contributed by atoms with E-state index in [1.54, 1.807) is 51.2 Å². The second-order valence-corrected chi connectivity index (χ2v) is 11.0. The zero-order chi connectivity index (χ0) is 29.0. The molecule has 0 radical (unpaired) electrons. The van der Waals surface area contributed by atoms with Crippen LogP contribution in [-0.4, -0.2) is 51.2 Å².